The van der Waals surface area contributed by atoms with Gasteiger partial charge in [0.05, 0.1) is 16.3 Å². The van der Waals surface area contributed by atoms with E-state index in [9.17, 15) is 4.79 Å². The highest BCUT2D eigenvalue weighted by molar-refractivity contribution is 6.33. The molecule has 0 spiro atoms. The molecule has 0 aromatic carbocycles. The van der Waals surface area contributed by atoms with Crippen molar-refractivity contribution in [3.8, 4) is 6.07 Å². The Balaban J connectivity index is 2.63. The number of hydrogen-bond acceptors (Lipinski definition) is 4. The SMILES string of the molecule is Cc1nc(NCCCC(=O)O)c(Cl)cc1C#N. The van der Waals surface area contributed by atoms with Crippen LogP contribution < -0.4 is 5.32 Å². The van der Waals surface area contributed by atoms with Gasteiger partial charge in [-0.2, -0.15) is 5.26 Å². The molecular weight excluding hydrogens is 242 g/mol. The average molecular weight is 254 g/mol. The van der Waals surface area contributed by atoms with Gasteiger partial charge in [-0.05, 0) is 19.4 Å². The van der Waals surface area contributed by atoms with Crippen molar-refractivity contribution in [3.05, 3.63) is 22.3 Å². The zero-order valence-electron chi connectivity index (χ0n) is 9.33. The van der Waals surface area contributed by atoms with Gasteiger partial charge in [0.2, 0.25) is 0 Å². The third kappa shape index (κ3) is 3.93. The lowest BCUT2D eigenvalue weighted by Gasteiger charge is -2.08. The van der Waals surface area contributed by atoms with Gasteiger partial charge < -0.3 is 10.4 Å². The molecule has 6 heteroatoms. The van der Waals surface area contributed by atoms with Crippen molar-refractivity contribution >= 4 is 23.4 Å². The number of nitrogens with zero attached hydrogens (tertiary/aromatic N) is 2. The Morgan fingerprint density at radius 1 is 1.71 bits per heavy atom. The summed E-state index contributed by atoms with van der Waals surface area (Å²) in [5.74, 6) is -0.351. The Kier molecular flexibility index (Phi) is 4.73. The summed E-state index contributed by atoms with van der Waals surface area (Å²) < 4.78 is 0. The third-order valence-electron chi connectivity index (χ3n) is 2.15. The molecule has 0 saturated carbocycles. The molecule has 2 N–H and O–H groups in total. The molecule has 17 heavy (non-hydrogen) atoms. The van der Waals surface area contributed by atoms with Crippen LogP contribution in [0.2, 0.25) is 5.02 Å². The molecule has 0 amide bonds. The molecular formula is C11H12ClN3O2. The number of aryl methyl sites for hydroxylation is 1. The molecule has 0 bridgehead atoms. The van der Waals surface area contributed by atoms with Crippen LogP contribution >= 0.6 is 11.6 Å². The molecule has 0 fully saturated rings. The molecule has 1 aromatic heterocycles. The zero-order valence-corrected chi connectivity index (χ0v) is 10.1. The van der Waals surface area contributed by atoms with Crippen molar-refractivity contribution in [2.24, 2.45) is 0 Å². The van der Waals surface area contributed by atoms with Crippen LogP contribution in [0.5, 0.6) is 0 Å². The van der Waals surface area contributed by atoms with Gasteiger partial charge in [-0.1, -0.05) is 11.6 Å². The monoisotopic (exact) mass is 253 g/mol. The predicted octanol–water partition coefficient (Wildman–Crippen LogP) is 2.19. The van der Waals surface area contributed by atoms with Crippen LogP contribution in [0.25, 0.3) is 0 Å². The standard InChI is InChI=1S/C11H12ClN3O2/c1-7-8(6-13)5-9(12)11(15-7)14-4-2-3-10(16)17/h5H,2-4H2,1H3,(H,14,15)(H,16,17). The predicted molar refractivity (Wildman–Crippen MR) is 64.1 cm³/mol. The maximum Gasteiger partial charge on any atom is 0.303 e. The summed E-state index contributed by atoms with van der Waals surface area (Å²) in [6, 6.07) is 3.54. The summed E-state index contributed by atoms with van der Waals surface area (Å²) in [7, 11) is 0. The van der Waals surface area contributed by atoms with Crippen LogP contribution in [0.4, 0.5) is 5.82 Å². The van der Waals surface area contributed by atoms with Gasteiger partial charge in [0.15, 0.2) is 0 Å². The molecule has 0 atom stereocenters. The Morgan fingerprint density at radius 2 is 2.41 bits per heavy atom. The first-order chi connectivity index (χ1) is 8.04. The Bertz CT molecular complexity index is 469. The van der Waals surface area contributed by atoms with Gasteiger partial charge in [0, 0.05) is 13.0 Å². The van der Waals surface area contributed by atoms with Gasteiger partial charge in [-0.25, -0.2) is 4.98 Å². The van der Waals surface area contributed by atoms with E-state index in [0.717, 1.165) is 0 Å². The molecule has 0 aliphatic carbocycles. The first-order valence-corrected chi connectivity index (χ1v) is 5.45. The van der Waals surface area contributed by atoms with E-state index in [4.69, 9.17) is 22.0 Å². The topological polar surface area (TPSA) is 86.0 Å². The number of carboxylic acid groups (broad SMARTS) is 1. The lowest BCUT2D eigenvalue weighted by atomic mass is 10.2. The minimum atomic E-state index is -0.832. The van der Waals surface area contributed by atoms with E-state index in [-0.39, 0.29) is 6.42 Å². The molecule has 1 aromatic rings. The molecule has 0 aliphatic rings. The fourth-order valence-electron chi connectivity index (χ4n) is 1.26. The van der Waals surface area contributed by atoms with Gasteiger partial charge in [0.1, 0.15) is 11.9 Å². The lowest BCUT2D eigenvalue weighted by Crippen LogP contribution is -2.07. The molecule has 1 rings (SSSR count). The zero-order chi connectivity index (χ0) is 12.8. The van der Waals surface area contributed by atoms with Crippen molar-refractivity contribution in [2.45, 2.75) is 19.8 Å². The van der Waals surface area contributed by atoms with Crippen LogP contribution in [0.15, 0.2) is 6.07 Å². The second kappa shape index (κ2) is 6.06. The highest BCUT2D eigenvalue weighted by Crippen LogP contribution is 2.22. The number of carboxylic acids is 1. The van der Waals surface area contributed by atoms with Gasteiger partial charge in [-0.15, -0.1) is 0 Å². The van der Waals surface area contributed by atoms with E-state index in [0.29, 0.717) is 35.1 Å². The van der Waals surface area contributed by atoms with Crippen LogP contribution in [0.3, 0.4) is 0 Å². The normalized spacial score (nSPS) is 9.71. The fraction of sp³-hybridized carbons (Fsp3) is 0.364. The largest absolute Gasteiger partial charge is 0.481 e. The van der Waals surface area contributed by atoms with Crippen molar-refractivity contribution < 1.29 is 9.90 Å². The van der Waals surface area contributed by atoms with Crippen LogP contribution in [0, 0.1) is 18.3 Å². The minimum Gasteiger partial charge on any atom is -0.481 e. The van der Waals surface area contributed by atoms with Crippen LogP contribution in [0.1, 0.15) is 24.1 Å². The van der Waals surface area contributed by atoms with Crippen molar-refractivity contribution in [2.75, 3.05) is 11.9 Å². The van der Waals surface area contributed by atoms with E-state index >= 15 is 0 Å². The molecule has 90 valence electrons. The average Bonchev–Trinajstić information content (AvgIpc) is 2.28. The van der Waals surface area contributed by atoms with Crippen LogP contribution in [-0.2, 0) is 4.79 Å². The number of aromatic nitrogens is 1. The summed E-state index contributed by atoms with van der Waals surface area (Å²) in [5.41, 5.74) is 1.03. The summed E-state index contributed by atoms with van der Waals surface area (Å²) >= 11 is 5.93. The fourth-order valence-corrected chi connectivity index (χ4v) is 1.48. The molecule has 5 nitrogen and oxygen atoms in total. The number of nitrogens with one attached hydrogen (secondary N) is 1. The number of carbonyl (C=O) groups is 1. The number of rotatable bonds is 5. The number of halogens is 1. The quantitative estimate of drug-likeness (QED) is 0.786. The van der Waals surface area contributed by atoms with Gasteiger partial charge >= 0.3 is 5.97 Å². The first kappa shape index (κ1) is 13.3. The number of hydrogen-bond donors (Lipinski definition) is 2. The van der Waals surface area contributed by atoms with Crippen molar-refractivity contribution in [1.82, 2.24) is 4.98 Å². The van der Waals surface area contributed by atoms with Crippen LogP contribution in [-0.4, -0.2) is 22.6 Å². The van der Waals surface area contributed by atoms with E-state index in [1.807, 2.05) is 6.07 Å². The Hall–Kier alpha value is -1.80. The number of nitriles is 1. The number of anilines is 1. The summed E-state index contributed by atoms with van der Waals surface area (Å²) in [4.78, 5) is 14.5. The Morgan fingerprint density at radius 3 is 3.00 bits per heavy atom. The van der Waals surface area contributed by atoms with Crippen molar-refractivity contribution in [3.63, 3.8) is 0 Å². The summed E-state index contributed by atoms with van der Waals surface area (Å²) in [5, 5.41) is 20.6. The number of pyridine rings is 1. The smallest absolute Gasteiger partial charge is 0.303 e. The molecule has 1 heterocycles. The van der Waals surface area contributed by atoms with Gasteiger partial charge in [-0.3, -0.25) is 4.79 Å². The number of aliphatic carboxylic acids is 1. The minimum absolute atomic E-state index is 0.0971. The first-order valence-electron chi connectivity index (χ1n) is 5.07. The second-order valence-electron chi connectivity index (χ2n) is 3.49. The van der Waals surface area contributed by atoms with Gasteiger partial charge in [0.25, 0.3) is 0 Å². The summed E-state index contributed by atoms with van der Waals surface area (Å²) in [6.07, 6.45) is 0.590. The van der Waals surface area contributed by atoms with E-state index in [2.05, 4.69) is 10.3 Å². The maximum atomic E-state index is 10.3. The summed E-state index contributed by atoms with van der Waals surface area (Å²) in [6.45, 7) is 2.20. The third-order valence-corrected chi connectivity index (χ3v) is 2.44. The lowest BCUT2D eigenvalue weighted by molar-refractivity contribution is -0.137. The highest BCUT2D eigenvalue weighted by atomic mass is 35.5. The molecule has 0 radical (unpaired) electrons. The highest BCUT2D eigenvalue weighted by Gasteiger charge is 2.07. The van der Waals surface area contributed by atoms with Crippen molar-refractivity contribution in [1.29, 1.82) is 5.26 Å². The molecule has 0 aliphatic heterocycles. The Labute approximate surface area is 104 Å². The molecule has 0 unspecified atom stereocenters. The van der Waals surface area contributed by atoms with E-state index in [1.54, 1.807) is 13.0 Å². The maximum absolute atomic E-state index is 10.3. The second-order valence-corrected chi connectivity index (χ2v) is 3.89. The molecule has 0 saturated heterocycles. The van der Waals surface area contributed by atoms with E-state index in [1.165, 1.54) is 0 Å². The van der Waals surface area contributed by atoms with E-state index < -0.39 is 5.97 Å².